The minimum atomic E-state index is -0.403. The number of fused-ring (bicyclic) bond motifs is 1. The normalized spacial score (nSPS) is 24.6. The molecule has 1 aromatic rings. The van der Waals surface area contributed by atoms with Gasteiger partial charge in [0.05, 0.1) is 23.6 Å². The minimum Gasteiger partial charge on any atom is -0.375 e. The Kier molecular flexibility index (Phi) is 4.61. The number of ether oxygens (including phenoxy) is 1. The van der Waals surface area contributed by atoms with Crippen LogP contribution in [-0.2, 0) is 14.3 Å². The Balaban J connectivity index is 1.67. The third-order valence-corrected chi connectivity index (χ3v) is 5.23. The van der Waals surface area contributed by atoms with Crippen molar-refractivity contribution in [3.63, 3.8) is 0 Å². The molecule has 2 unspecified atom stereocenters. The molecule has 2 aliphatic rings. The zero-order valence-corrected chi connectivity index (χ0v) is 13.7. The van der Waals surface area contributed by atoms with Gasteiger partial charge in [0.2, 0.25) is 11.8 Å². The third kappa shape index (κ3) is 3.39. The third-order valence-electron chi connectivity index (χ3n) is 3.71. The standard InChI is InChI=1S/C15H17ClN2O3S/c1-9-8-18(4-5-21-9)14(19)7-13-15(20)17-11-6-10(16)2-3-12(11)22-13/h2-3,6,9,13H,4-5,7-8H2,1H3,(H,17,20). The Morgan fingerprint density at radius 2 is 2.36 bits per heavy atom. The molecule has 2 amide bonds. The lowest BCUT2D eigenvalue weighted by molar-refractivity contribution is -0.139. The molecule has 0 aliphatic carbocycles. The van der Waals surface area contributed by atoms with Gasteiger partial charge in [0, 0.05) is 29.4 Å². The smallest absolute Gasteiger partial charge is 0.238 e. The maximum Gasteiger partial charge on any atom is 0.238 e. The highest BCUT2D eigenvalue weighted by Gasteiger charge is 2.31. The van der Waals surface area contributed by atoms with Crippen molar-refractivity contribution >= 4 is 40.9 Å². The molecule has 1 fully saturated rings. The number of halogens is 1. The van der Waals surface area contributed by atoms with Gasteiger partial charge >= 0.3 is 0 Å². The number of carbonyl (C=O) groups excluding carboxylic acids is 2. The Hall–Kier alpha value is -1.24. The van der Waals surface area contributed by atoms with Crippen molar-refractivity contribution in [1.82, 2.24) is 4.90 Å². The molecule has 5 nitrogen and oxygen atoms in total. The van der Waals surface area contributed by atoms with E-state index in [1.54, 1.807) is 17.0 Å². The number of hydrogen-bond acceptors (Lipinski definition) is 4. The van der Waals surface area contributed by atoms with Crippen molar-refractivity contribution in [3.05, 3.63) is 23.2 Å². The van der Waals surface area contributed by atoms with Gasteiger partial charge in [-0.05, 0) is 25.1 Å². The molecule has 0 spiro atoms. The van der Waals surface area contributed by atoms with Gasteiger partial charge in [0.25, 0.3) is 0 Å². The first kappa shape index (κ1) is 15.6. The number of carbonyl (C=O) groups is 2. The lowest BCUT2D eigenvalue weighted by Crippen LogP contribution is -2.46. The molecule has 0 aromatic heterocycles. The fourth-order valence-electron chi connectivity index (χ4n) is 2.59. The Labute approximate surface area is 138 Å². The van der Waals surface area contributed by atoms with Gasteiger partial charge in [-0.25, -0.2) is 0 Å². The highest BCUT2D eigenvalue weighted by atomic mass is 35.5. The van der Waals surface area contributed by atoms with Crippen molar-refractivity contribution in [2.24, 2.45) is 0 Å². The van der Waals surface area contributed by atoms with Gasteiger partial charge in [0.15, 0.2) is 0 Å². The highest BCUT2D eigenvalue weighted by molar-refractivity contribution is 8.01. The second kappa shape index (κ2) is 6.48. The molecule has 118 valence electrons. The molecule has 0 bridgehead atoms. The van der Waals surface area contributed by atoms with E-state index in [2.05, 4.69) is 5.32 Å². The molecular formula is C15H17ClN2O3S. The molecule has 1 saturated heterocycles. The quantitative estimate of drug-likeness (QED) is 0.898. The van der Waals surface area contributed by atoms with E-state index in [9.17, 15) is 9.59 Å². The van der Waals surface area contributed by atoms with Crippen LogP contribution in [0.5, 0.6) is 0 Å². The van der Waals surface area contributed by atoms with Crippen LogP contribution < -0.4 is 5.32 Å². The number of nitrogens with one attached hydrogen (secondary N) is 1. The van der Waals surface area contributed by atoms with Gasteiger partial charge in [-0.15, -0.1) is 11.8 Å². The molecular weight excluding hydrogens is 324 g/mol. The minimum absolute atomic E-state index is 0.000198. The van der Waals surface area contributed by atoms with E-state index < -0.39 is 5.25 Å². The van der Waals surface area contributed by atoms with Crippen LogP contribution in [0.15, 0.2) is 23.1 Å². The summed E-state index contributed by atoms with van der Waals surface area (Å²) in [6.45, 7) is 3.68. The second-order valence-electron chi connectivity index (χ2n) is 5.46. The molecule has 1 aromatic carbocycles. The van der Waals surface area contributed by atoms with Crippen LogP contribution in [0.1, 0.15) is 13.3 Å². The van der Waals surface area contributed by atoms with Crippen LogP contribution in [-0.4, -0.2) is 47.8 Å². The number of rotatable bonds is 2. The van der Waals surface area contributed by atoms with E-state index in [-0.39, 0.29) is 24.3 Å². The lowest BCUT2D eigenvalue weighted by Gasteiger charge is -2.32. The number of thioether (sulfide) groups is 1. The van der Waals surface area contributed by atoms with Crippen molar-refractivity contribution in [1.29, 1.82) is 0 Å². The zero-order chi connectivity index (χ0) is 15.7. The Bertz CT molecular complexity index is 610. The maximum atomic E-state index is 12.4. The number of benzene rings is 1. The molecule has 3 rings (SSSR count). The Morgan fingerprint density at radius 3 is 3.14 bits per heavy atom. The Morgan fingerprint density at radius 1 is 1.55 bits per heavy atom. The molecule has 7 heteroatoms. The summed E-state index contributed by atoms with van der Waals surface area (Å²) >= 11 is 7.34. The summed E-state index contributed by atoms with van der Waals surface area (Å²) in [5, 5.41) is 3.00. The number of amides is 2. The first-order valence-electron chi connectivity index (χ1n) is 7.19. The lowest BCUT2D eigenvalue weighted by atomic mass is 10.2. The van der Waals surface area contributed by atoms with Crippen molar-refractivity contribution < 1.29 is 14.3 Å². The van der Waals surface area contributed by atoms with Crippen LogP contribution in [0.25, 0.3) is 0 Å². The first-order valence-corrected chi connectivity index (χ1v) is 8.45. The van der Waals surface area contributed by atoms with Gasteiger partial charge in [-0.3, -0.25) is 9.59 Å². The largest absolute Gasteiger partial charge is 0.375 e. The van der Waals surface area contributed by atoms with Gasteiger partial charge < -0.3 is 15.0 Å². The van der Waals surface area contributed by atoms with E-state index in [1.807, 2.05) is 13.0 Å². The molecule has 0 saturated carbocycles. The van der Waals surface area contributed by atoms with Crippen LogP contribution in [0.3, 0.4) is 0 Å². The molecule has 2 atom stereocenters. The van der Waals surface area contributed by atoms with E-state index in [4.69, 9.17) is 16.3 Å². The summed E-state index contributed by atoms with van der Waals surface area (Å²) in [4.78, 5) is 27.3. The molecule has 1 N–H and O–H groups in total. The topological polar surface area (TPSA) is 58.6 Å². The molecule has 22 heavy (non-hydrogen) atoms. The summed E-state index contributed by atoms with van der Waals surface area (Å²) in [6.07, 6.45) is 0.249. The van der Waals surface area contributed by atoms with Gasteiger partial charge in [-0.2, -0.15) is 0 Å². The number of hydrogen-bond donors (Lipinski definition) is 1. The fourth-order valence-corrected chi connectivity index (χ4v) is 3.84. The predicted octanol–water partition coefficient (Wildman–Crippen LogP) is 2.39. The summed E-state index contributed by atoms with van der Waals surface area (Å²) < 4.78 is 5.44. The van der Waals surface area contributed by atoms with Crippen LogP contribution in [0.4, 0.5) is 5.69 Å². The zero-order valence-electron chi connectivity index (χ0n) is 12.2. The summed E-state index contributed by atoms with van der Waals surface area (Å²) in [6, 6.07) is 5.38. The van der Waals surface area contributed by atoms with Crippen molar-refractivity contribution in [2.75, 3.05) is 25.0 Å². The van der Waals surface area contributed by atoms with E-state index in [0.717, 1.165) is 4.90 Å². The average molecular weight is 341 g/mol. The predicted molar refractivity (Wildman–Crippen MR) is 86.3 cm³/mol. The van der Waals surface area contributed by atoms with E-state index in [0.29, 0.717) is 30.4 Å². The second-order valence-corrected chi connectivity index (χ2v) is 7.14. The summed E-state index contributed by atoms with van der Waals surface area (Å²) in [5.74, 6) is -0.144. The molecule has 0 radical (unpaired) electrons. The van der Waals surface area contributed by atoms with Gasteiger partial charge in [0.1, 0.15) is 0 Å². The van der Waals surface area contributed by atoms with Gasteiger partial charge in [-0.1, -0.05) is 11.6 Å². The molecule has 2 aliphatic heterocycles. The average Bonchev–Trinajstić information content (AvgIpc) is 2.48. The number of nitrogens with zero attached hydrogens (tertiary/aromatic N) is 1. The van der Waals surface area contributed by atoms with Crippen LogP contribution in [0, 0.1) is 0 Å². The number of anilines is 1. The number of morpholine rings is 1. The van der Waals surface area contributed by atoms with Crippen LogP contribution in [0.2, 0.25) is 5.02 Å². The summed E-state index contributed by atoms with van der Waals surface area (Å²) in [5.41, 5.74) is 0.714. The summed E-state index contributed by atoms with van der Waals surface area (Å²) in [7, 11) is 0. The first-order chi connectivity index (χ1) is 10.5. The van der Waals surface area contributed by atoms with E-state index in [1.165, 1.54) is 11.8 Å². The maximum absolute atomic E-state index is 12.4. The van der Waals surface area contributed by atoms with Crippen LogP contribution >= 0.6 is 23.4 Å². The highest BCUT2D eigenvalue weighted by Crippen LogP contribution is 2.38. The van der Waals surface area contributed by atoms with Crippen molar-refractivity contribution in [2.45, 2.75) is 29.6 Å². The van der Waals surface area contributed by atoms with E-state index >= 15 is 0 Å². The molecule has 2 heterocycles. The van der Waals surface area contributed by atoms with Crippen molar-refractivity contribution in [3.8, 4) is 0 Å². The monoisotopic (exact) mass is 340 g/mol. The SMILES string of the molecule is CC1CN(C(=O)CC2Sc3ccc(Cl)cc3NC2=O)CCO1. The fraction of sp³-hybridized carbons (Fsp3) is 0.467.